The van der Waals surface area contributed by atoms with E-state index in [0.29, 0.717) is 32.2 Å². The zero-order valence-electron chi connectivity index (χ0n) is 18.1. The summed E-state index contributed by atoms with van der Waals surface area (Å²) >= 11 is 6.01. The van der Waals surface area contributed by atoms with Crippen LogP contribution in [0, 0.1) is 5.82 Å². The number of methoxy groups -OCH3 is 1. The number of aromatic nitrogens is 3. The number of pyridine rings is 2. The Balaban J connectivity index is 1.62. The molecule has 0 saturated carbocycles. The largest absolute Gasteiger partial charge is 0.495 e. The molecule has 1 N–H and O–H groups in total. The molecule has 11 heteroatoms. The van der Waals surface area contributed by atoms with Gasteiger partial charge in [-0.2, -0.15) is 0 Å². The maximum atomic E-state index is 15.2. The van der Waals surface area contributed by atoms with E-state index in [9.17, 15) is 9.00 Å². The lowest BCUT2D eigenvalue weighted by Crippen LogP contribution is -2.18. The zero-order valence-corrected chi connectivity index (χ0v) is 19.6. The monoisotopic (exact) mass is 510 g/mol. The Labute approximate surface area is 205 Å². The molecule has 2 aromatic carbocycles. The van der Waals surface area contributed by atoms with Crippen molar-refractivity contribution in [3.8, 4) is 22.6 Å². The molecule has 0 spiro atoms. The molecule has 5 rings (SSSR count). The second-order valence-corrected chi connectivity index (χ2v) is 9.03. The van der Waals surface area contributed by atoms with Crippen LogP contribution in [0.25, 0.3) is 27.7 Å². The van der Waals surface area contributed by atoms with Gasteiger partial charge >= 0.3 is 0 Å². The first kappa shape index (κ1) is 22.8. The van der Waals surface area contributed by atoms with Crippen molar-refractivity contribution in [2.45, 2.75) is 4.90 Å². The third-order valence-corrected chi connectivity index (χ3v) is 6.52. The number of anilines is 1. The average Bonchev–Trinajstić information content (AvgIpc) is 3.36. The SMILES string of the molecule is COc1cc(-c2cncc(Cl)c2)c(F)cc1-n1c(=O)ccc2cc(S(=O)Nc3ccon3)ccc21. The fourth-order valence-electron chi connectivity index (χ4n) is 3.67. The van der Waals surface area contributed by atoms with E-state index < -0.39 is 16.8 Å². The molecule has 0 bridgehead atoms. The number of fused-ring (bicyclic) bond motifs is 1. The highest BCUT2D eigenvalue weighted by Crippen LogP contribution is 2.34. The van der Waals surface area contributed by atoms with Crippen LogP contribution in [0.1, 0.15) is 0 Å². The third-order valence-electron chi connectivity index (χ3n) is 5.24. The number of halogens is 2. The molecule has 0 aliphatic rings. The van der Waals surface area contributed by atoms with Crippen molar-refractivity contribution < 1.29 is 17.9 Å². The van der Waals surface area contributed by atoms with E-state index in [-0.39, 0.29) is 22.6 Å². The average molecular weight is 511 g/mol. The maximum absolute atomic E-state index is 15.2. The normalized spacial score (nSPS) is 12.0. The van der Waals surface area contributed by atoms with Gasteiger partial charge in [0.15, 0.2) is 16.8 Å². The molecular weight excluding hydrogens is 495 g/mol. The minimum Gasteiger partial charge on any atom is -0.495 e. The quantitative estimate of drug-likeness (QED) is 0.346. The summed E-state index contributed by atoms with van der Waals surface area (Å²) in [5.74, 6) is 0.0169. The first-order valence-electron chi connectivity index (χ1n) is 10.2. The van der Waals surface area contributed by atoms with Gasteiger partial charge < -0.3 is 9.26 Å². The second-order valence-electron chi connectivity index (χ2n) is 7.38. The minimum atomic E-state index is -1.62. The molecule has 176 valence electrons. The van der Waals surface area contributed by atoms with Crippen LogP contribution in [0.15, 0.2) is 87.5 Å². The Bertz CT molecular complexity index is 1640. The lowest BCUT2D eigenvalue weighted by atomic mass is 10.1. The summed E-state index contributed by atoms with van der Waals surface area (Å²) in [6, 6.07) is 13.7. The number of nitrogens with zero attached hydrogens (tertiary/aromatic N) is 3. The van der Waals surface area contributed by atoms with Crippen molar-refractivity contribution in [3.05, 3.63) is 94.4 Å². The number of hydrogen-bond donors (Lipinski definition) is 1. The summed E-state index contributed by atoms with van der Waals surface area (Å²) in [4.78, 5) is 17.4. The molecule has 3 aromatic heterocycles. The van der Waals surface area contributed by atoms with Crippen molar-refractivity contribution in [1.29, 1.82) is 0 Å². The predicted octanol–water partition coefficient (Wildman–Crippen LogP) is 4.98. The number of nitrogens with one attached hydrogen (secondary N) is 1. The van der Waals surface area contributed by atoms with Gasteiger partial charge in [-0.05, 0) is 36.4 Å². The summed E-state index contributed by atoms with van der Waals surface area (Å²) < 4.78 is 42.3. The van der Waals surface area contributed by atoms with Gasteiger partial charge in [0.25, 0.3) is 5.56 Å². The minimum absolute atomic E-state index is 0.217. The van der Waals surface area contributed by atoms with Gasteiger partial charge in [0, 0.05) is 47.1 Å². The molecule has 5 aromatic rings. The molecule has 1 atom stereocenters. The van der Waals surface area contributed by atoms with E-state index in [2.05, 4.69) is 14.9 Å². The molecule has 0 aliphatic carbocycles. The number of hydrogen-bond acceptors (Lipinski definition) is 6. The van der Waals surface area contributed by atoms with E-state index in [0.717, 1.165) is 0 Å². The Morgan fingerprint density at radius 1 is 1.11 bits per heavy atom. The molecule has 35 heavy (non-hydrogen) atoms. The third kappa shape index (κ3) is 4.41. The van der Waals surface area contributed by atoms with Crippen LogP contribution in [0.4, 0.5) is 10.2 Å². The number of rotatable bonds is 6. The molecule has 0 radical (unpaired) electrons. The molecule has 0 saturated heterocycles. The molecular formula is C24H16ClFN4O4S. The zero-order chi connectivity index (χ0) is 24.5. The number of benzene rings is 2. The predicted molar refractivity (Wildman–Crippen MR) is 131 cm³/mol. The summed E-state index contributed by atoms with van der Waals surface area (Å²) in [7, 11) is -0.188. The Morgan fingerprint density at radius 2 is 1.97 bits per heavy atom. The Morgan fingerprint density at radius 3 is 2.71 bits per heavy atom. The fraction of sp³-hybridized carbons (Fsp3) is 0.0417. The van der Waals surface area contributed by atoms with Crippen LogP contribution in [-0.4, -0.2) is 26.0 Å². The van der Waals surface area contributed by atoms with E-state index in [4.69, 9.17) is 20.9 Å². The summed E-state index contributed by atoms with van der Waals surface area (Å²) in [6.45, 7) is 0. The van der Waals surface area contributed by atoms with Gasteiger partial charge in [0.1, 0.15) is 17.8 Å². The van der Waals surface area contributed by atoms with E-state index >= 15 is 4.39 Å². The topological polar surface area (TPSA) is 99.2 Å². The molecule has 8 nitrogen and oxygen atoms in total. The van der Waals surface area contributed by atoms with Crippen molar-refractivity contribution >= 4 is 39.3 Å². The van der Waals surface area contributed by atoms with Crippen LogP contribution in [0.3, 0.4) is 0 Å². The van der Waals surface area contributed by atoms with Gasteiger partial charge in [0.2, 0.25) is 0 Å². The van der Waals surface area contributed by atoms with E-state index in [1.165, 1.54) is 48.5 Å². The summed E-state index contributed by atoms with van der Waals surface area (Å²) in [5.41, 5.74) is 1.01. The Hall–Kier alpha value is -4.02. The summed E-state index contributed by atoms with van der Waals surface area (Å²) in [5, 5.41) is 4.66. The lowest BCUT2D eigenvalue weighted by Gasteiger charge is -2.16. The van der Waals surface area contributed by atoms with Gasteiger partial charge in [-0.1, -0.05) is 16.8 Å². The van der Waals surface area contributed by atoms with Crippen LogP contribution in [0.5, 0.6) is 5.75 Å². The van der Waals surface area contributed by atoms with Gasteiger partial charge in [-0.25, -0.2) is 8.60 Å². The van der Waals surface area contributed by atoms with Crippen molar-refractivity contribution in [2.24, 2.45) is 0 Å². The highest BCUT2D eigenvalue weighted by Gasteiger charge is 2.17. The molecule has 3 heterocycles. The smallest absolute Gasteiger partial charge is 0.255 e. The molecule has 0 fully saturated rings. The lowest BCUT2D eigenvalue weighted by molar-refractivity contribution is 0.412. The highest BCUT2D eigenvalue weighted by atomic mass is 35.5. The fourth-order valence-corrected chi connectivity index (χ4v) is 4.68. The molecule has 1 unspecified atom stereocenters. The van der Waals surface area contributed by atoms with Crippen LogP contribution >= 0.6 is 11.6 Å². The van der Waals surface area contributed by atoms with Crippen LogP contribution < -0.4 is 15.0 Å². The van der Waals surface area contributed by atoms with Gasteiger partial charge in [-0.3, -0.25) is 19.1 Å². The standard InChI is InChI=1S/C24H16ClFN4O4S/c1-33-22-10-18(15-8-16(25)13-27-12-15)19(26)11-21(22)30-20-4-3-17(9-14(20)2-5-24(30)31)35(32)29-23-6-7-34-28-23/h2-13H,1H3,(H,28,29). The van der Waals surface area contributed by atoms with E-state index in [1.807, 2.05) is 0 Å². The first-order valence-corrected chi connectivity index (χ1v) is 11.7. The van der Waals surface area contributed by atoms with Gasteiger partial charge in [-0.15, -0.1) is 0 Å². The highest BCUT2D eigenvalue weighted by molar-refractivity contribution is 7.86. The van der Waals surface area contributed by atoms with Crippen molar-refractivity contribution in [2.75, 3.05) is 11.8 Å². The second kappa shape index (κ2) is 9.32. The van der Waals surface area contributed by atoms with Crippen molar-refractivity contribution in [1.82, 2.24) is 14.7 Å². The van der Waals surface area contributed by atoms with E-state index in [1.54, 1.807) is 36.4 Å². The van der Waals surface area contributed by atoms with Crippen molar-refractivity contribution in [3.63, 3.8) is 0 Å². The van der Waals surface area contributed by atoms with Crippen LogP contribution in [0.2, 0.25) is 5.02 Å². The van der Waals surface area contributed by atoms with Crippen LogP contribution in [-0.2, 0) is 11.0 Å². The molecule has 0 aliphatic heterocycles. The molecule has 0 amide bonds. The Kier molecular flexibility index (Phi) is 6.06. The first-order chi connectivity index (χ1) is 16.9. The number of ether oxygens (including phenoxy) is 1. The van der Waals surface area contributed by atoms with Gasteiger partial charge in [0.05, 0.1) is 28.2 Å². The maximum Gasteiger partial charge on any atom is 0.255 e. The summed E-state index contributed by atoms with van der Waals surface area (Å²) in [6.07, 6.45) is 4.30.